The Labute approximate surface area is 110 Å². The van der Waals surface area contributed by atoms with E-state index in [0.717, 1.165) is 19.4 Å². The number of hydrogen-bond donors (Lipinski definition) is 2. The first-order chi connectivity index (χ1) is 8.56. The maximum absolute atomic E-state index is 12.1. The van der Waals surface area contributed by atoms with E-state index in [9.17, 15) is 8.42 Å². The third kappa shape index (κ3) is 3.04. The standard InChI is InChI=1S/C12H25N3O2S/c1-2-12(9-13)18(16,17)14-10-5-7-15-6-3-4-11(15)8-10/h10-12,14H,2-9,13H2,1H3. The number of rotatable bonds is 5. The van der Waals surface area contributed by atoms with Crippen LogP contribution in [0, 0.1) is 0 Å². The molecule has 0 aromatic carbocycles. The van der Waals surface area contributed by atoms with E-state index in [1.165, 1.54) is 19.4 Å². The van der Waals surface area contributed by atoms with Gasteiger partial charge in [-0.15, -0.1) is 0 Å². The SMILES string of the molecule is CCC(CN)S(=O)(=O)NC1CCN2CCCC2C1. The quantitative estimate of drug-likeness (QED) is 0.755. The van der Waals surface area contributed by atoms with Crippen LogP contribution in [0.5, 0.6) is 0 Å². The minimum absolute atomic E-state index is 0.106. The number of nitrogens with zero attached hydrogens (tertiary/aromatic N) is 1. The van der Waals surface area contributed by atoms with Crippen LogP contribution in [-0.4, -0.2) is 50.3 Å². The molecule has 2 rings (SSSR count). The molecule has 0 saturated carbocycles. The van der Waals surface area contributed by atoms with Crippen LogP contribution in [0.1, 0.15) is 39.0 Å². The fourth-order valence-electron chi connectivity index (χ4n) is 3.17. The average Bonchev–Trinajstić information content (AvgIpc) is 2.76. The van der Waals surface area contributed by atoms with Crippen LogP contribution >= 0.6 is 0 Å². The van der Waals surface area contributed by atoms with Crippen LogP contribution in [0.4, 0.5) is 0 Å². The van der Waals surface area contributed by atoms with E-state index in [2.05, 4.69) is 9.62 Å². The molecule has 2 aliphatic heterocycles. The first-order valence-corrected chi connectivity index (χ1v) is 8.56. The van der Waals surface area contributed by atoms with E-state index in [1.807, 2.05) is 6.92 Å². The molecule has 0 aromatic heterocycles. The van der Waals surface area contributed by atoms with E-state index in [0.29, 0.717) is 12.5 Å². The predicted octanol–water partition coefficient (Wildman–Crippen LogP) is 0.270. The molecule has 0 amide bonds. The first-order valence-electron chi connectivity index (χ1n) is 7.02. The van der Waals surface area contributed by atoms with Gasteiger partial charge in [0.1, 0.15) is 0 Å². The van der Waals surface area contributed by atoms with Gasteiger partial charge in [-0.25, -0.2) is 13.1 Å². The molecule has 5 nitrogen and oxygen atoms in total. The molecule has 2 saturated heterocycles. The van der Waals surface area contributed by atoms with Gasteiger partial charge in [0.2, 0.25) is 10.0 Å². The average molecular weight is 275 g/mol. The Morgan fingerprint density at radius 2 is 2.17 bits per heavy atom. The maximum Gasteiger partial charge on any atom is 0.215 e. The zero-order valence-electron chi connectivity index (χ0n) is 11.1. The molecule has 3 N–H and O–H groups in total. The van der Waals surface area contributed by atoms with Crippen molar-refractivity contribution in [3.8, 4) is 0 Å². The van der Waals surface area contributed by atoms with Crippen LogP contribution in [0.2, 0.25) is 0 Å². The second kappa shape index (κ2) is 5.86. The van der Waals surface area contributed by atoms with Gasteiger partial charge in [-0.2, -0.15) is 0 Å². The predicted molar refractivity (Wildman–Crippen MR) is 72.8 cm³/mol. The molecule has 3 atom stereocenters. The molecule has 2 aliphatic rings. The Kier molecular flexibility index (Phi) is 4.64. The lowest BCUT2D eigenvalue weighted by molar-refractivity contribution is 0.176. The fraction of sp³-hybridized carbons (Fsp3) is 1.00. The van der Waals surface area contributed by atoms with Crippen molar-refractivity contribution in [1.82, 2.24) is 9.62 Å². The Morgan fingerprint density at radius 3 is 2.83 bits per heavy atom. The van der Waals surface area contributed by atoms with Crippen molar-refractivity contribution in [3.05, 3.63) is 0 Å². The number of hydrogen-bond acceptors (Lipinski definition) is 4. The number of piperidine rings is 1. The molecule has 0 aliphatic carbocycles. The smallest absolute Gasteiger partial charge is 0.215 e. The van der Waals surface area contributed by atoms with Gasteiger partial charge in [0.15, 0.2) is 0 Å². The molecule has 3 unspecified atom stereocenters. The highest BCUT2D eigenvalue weighted by atomic mass is 32.2. The maximum atomic E-state index is 12.1. The van der Waals surface area contributed by atoms with Gasteiger partial charge in [-0.3, -0.25) is 0 Å². The highest BCUT2D eigenvalue weighted by Crippen LogP contribution is 2.27. The van der Waals surface area contributed by atoms with Crippen molar-refractivity contribution in [3.63, 3.8) is 0 Å². The van der Waals surface area contributed by atoms with E-state index >= 15 is 0 Å². The van der Waals surface area contributed by atoms with Crippen molar-refractivity contribution in [1.29, 1.82) is 0 Å². The monoisotopic (exact) mass is 275 g/mol. The minimum atomic E-state index is -3.24. The Morgan fingerprint density at radius 1 is 1.39 bits per heavy atom. The van der Waals surface area contributed by atoms with Crippen molar-refractivity contribution >= 4 is 10.0 Å². The van der Waals surface area contributed by atoms with Crippen molar-refractivity contribution in [2.75, 3.05) is 19.6 Å². The number of nitrogens with one attached hydrogen (secondary N) is 1. The fourth-order valence-corrected chi connectivity index (χ4v) is 4.74. The zero-order valence-corrected chi connectivity index (χ0v) is 12.0. The van der Waals surface area contributed by atoms with Crippen molar-refractivity contribution in [2.45, 2.75) is 56.4 Å². The lowest BCUT2D eigenvalue weighted by Crippen LogP contribution is -2.50. The molecule has 6 heteroatoms. The molecule has 2 fully saturated rings. The molecule has 18 heavy (non-hydrogen) atoms. The molecule has 106 valence electrons. The summed E-state index contributed by atoms with van der Waals surface area (Å²) in [5.74, 6) is 0. The Hall–Kier alpha value is -0.170. The van der Waals surface area contributed by atoms with Gasteiger partial charge >= 0.3 is 0 Å². The molecule has 2 heterocycles. The Bertz CT molecular complexity index is 368. The molecular formula is C12H25N3O2S. The molecule has 0 radical (unpaired) electrons. The lowest BCUT2D eigenvalue weighted by Gasteiger charge is -2.35. The second-order valence-electron chi connectivity index (χ2n) is 5.48. The summed E-state index contributed by atoms with van der Waals surface area (Å²) in [7, 11) is -3.24. The minimum Gasteiger partial charge on any atom is -0.329 e. The summed E-state index contributed by atoms with van der Waals surface area (Å²) >= 11 is 0. The highest BCUT2D eigenvalue weighted by molar-refractivity contribution is 7.90. The summed E-state index contributed by atoms with van der Waals surface area (Å²) < 4.78 is 27.2. The number of nitrogens with two attached hydrogens (primary N) is 1. The lowest BCUT2D eigenvalue weighted by atomic mass is 9.99. The van der Waals surface area contributed by atoms with Gasteiger partial charge in [0, 0.05) is 18.6 Å². The van der Waals surface area contributed by atoms with Gasteiger partial charge in [0.25, 0.3) is 0 Å². The van der Waals surface area contributed by atoms with E-state index in [1.54, 1.807) is 0 Å². The van der Waals surface area contributed by atoms with Gasteiger partial charge < -0.3 is 10.6 Å². The van der Waals surface area contributed by atoms with Crippen molar-refractivity contribution in [2.24, 2.45) is 5.73 Å². The summed E-state index contributed by atoms with van der Waals surface area (Å²) in [4.78, 5) is 2.49. The highest BCUT2D eigenvalue weighted by Gasteiger charge is 2.34. The van der Waals surface area contributed by atoms with Crippen LogP contribution in [0.25, 0.3) is 0 Å². The normalized spacial score (nSPS) is 31.2. The molecular weight excluding hydrogens is 250 g/mol. The summed E-state index contributed by atoms with van der Waals surface area (Å²) in [5.41, 5.74) is 5.53. The second-order valence-corrected chi connectivity index (χ2v) is 7.47. The van der Waals surface area contributed by atoms with Gasteiger partial charge in [-0.1, -0.05) is 6.92 Å². The zero-order chi connectivity index (χ0) is 13.2. The van der Waals surface area contributed by atoms with E-state index < -0.39 is 15.3 Å². The largest absolute Gasteiger partial charge is 0.329 e. The number of sulfonamides is 1. The molecule has 0 spiro atoms. The third-order valence-electron chi connectivity index (χ3n) is 4.31. The Balaban J connectivity index is 1.93. The first kappa shape index (κ1) is 14.2. The van der Waals surface area contributed by atoms with Crippen LogP contribution < -0.4 is 10.5 Å². The van der Waals surface area contributed by atoms with Crippen LogP contribution in [0.3, 0.4) is 0 Å². The van der Waals surface area contributed by atoms with E-state index in [-0.39, 0.29) is 12.6 Å². The van der Waals surface area contributed by atoms with Gasteiger partial charge in [0.05, 0.1) is 5.25 Å². The number of fused-ring (bicyclic) bond motifs is 1. The van der Waals surface area contributed by atoms with Crippen molar-refractivity contribution < 1.29 is 8.42 Å². The van der Waals surface area contributed by atoms with Crippen LogP contribution in [-0.2, 0) is 10.0 Å². The molecule has 0 aromatic rings. The summed E-state index contributed by atoms with van der Waals surface area (Å²) in [6.45, 7) is 4.28. The molecule has 0 bridgehead atoms. The van der Waals surface area contributed by atoms with Gasteiger partial charge in [-0.05, 0) is 45.2 Å². The summed E-state index contributed by atoms with van der Waals surface area (Å²) in [6.07, 6.45) is 4.93. The van der Waals surface area contributed by atoms with Crippen LogP contribution in [0.15, 0.2) is 0 Å². The summed E-state index contributed by atoms with van der Waals surface area (Å²) in [6, 6.07) is 0.694. The summed E-state index contributed by atoms with van der Waals surface area (Å²) in [5, 5.41) is -0.445. The third-order valence-corrected chi connectivity index (χ3v) is 6.37. The van der Waals surface area contributed by atoms with E-state index in [4.69, 9.17) is 5.73 Å². The topological polar surface area (TPSA) is 75.4 Å².